The third kappa shape index (κ3) is 4.41. The van der Waals surface area contributed by atoms with Crippen LogP contribution in [0.5, 0.6) is 5.88 Å². The van der Waals surface area contributed by atoms with Gasteiger partial charge in [0.05, 0.1) is 23.8 Å². The fraction of sp³-hybridized carbons (Fsp3) is 0.538. The minimum atomic E-state index is -0.206. The van der Waals surface area contributed by atoms with E-state index in [1.165, 1.54) is 0 Å². The fourth-order valence-electron chi connectivity index (χ4n) is 1.28. The molecule has 0 saturated heterocycles. The Kier molecular flexibility index (Phi) is 4.47. The number of hydrogen-bond acceptors (Lipinski definition) is 4. The van der Waals surface area contributed by atoms with Crippen LogP contribution in [-0.2, 0) is 4.74 Å². The van der Waals surface area contributed by atoms with Crippen molar-refractivity contribution in [1.82, 2.24) is 4.98 Å². The molecule has 0 aliphatic rings. The first-order valence-electron chi connectivity index (χ1n) is 5.53. The molecule has 0 unspecified atom stereocenters. The van der Waals surface area contributed by atoms with Crippen molar-refractivity contribution in [1.29, 1.82) is 5.26 Å². The first kappa shape index (κ1) is 13.5. The van der Waals surface area contributed by atoms with Gasteiger partial charge in [0.25, 0.3) is 0 Å². The van der Waals surface area contributed by atoms with Crippen LogP contribution in [0, 0.1) is 18.3 Å². The second-order valence-corrected chi connectivity index (χ2v) is 4.51. The number of rotatable bonds is 5. The maximum Gasteiger partial charge on any atom is 0.214 e. The highest BCUT2D eigenvalue weighted by Gasteiger charge is 2.16. The summed E-state index contributed by atoms with van der Waals surface area (Å²) in [6.07, 6.45) is 0.765. The molecule has 4 nitrogen and oxygen atoms in total. The van der Waals surface area contributed by atoms with Gasteiger partial charge in [-0.2, -0.15) is 5.26 Å². The molecule has 1 aromatic heterocycles. The van der Waals surface area contributed by atoms with Crippen molar-refractivity contribution in [2.24, 2.45) is 0 Å². The highest BCUT2D eigenvalue weighted by Crippen LogP contribution is 2.15. The lowest BCUT2D eigenvalue weighted by Gasteiger charge is -2.22. The summed E-state index contributed by atoms with van der Waals surface area (Å²) in [7, 11) is 1.68. The molecule has 0 bridgehead atoms. The molecule has 0 aliphatic heterocycles. The Morgan fingerprint density at radius 3 is 2.71 bits per heavy atom. The highest BCUT2D eigenvalue weighted by atomic mass is 16.5. The summed E-state index contributed by atoms with van der Waals surface area (Å²) in [6, 6.07) is 5.46. The summed E-state index contributed by atoms with van der Waals surface area (Å²) in [5, 5.41) is 8.83. The third-order valence-corrected chi connectivity index (χ3v) is 2.57. The van der Waals surface area contributed by atoms with E-state index in [0.29, 0.717) is 18.1 Å². The summed E-state index contributed by atoms with van der Waals surface area (Å²) in [5.74, 6) is 0.494. The number of aromatic nitrogens is 1. The molecule has 0 amide bonds. The van der Waals surface area contributed by atoms with Crippen LogP contribution in [0.25, 0.3) is 0 Å². The molecule has 0 saturated carbocycles. The quantitative estimate of drug-likeness (QED) is 0.785. The molecule has 0 spiro atoms. The monoisotopic (exact) mass is 234 g/mol. The summed E-state index contributed by atoms with van der Waals surface area (Å²) < 4.78 is 10.8. The maximum absolute atomic E-state index is 8.83. The largest absolute Gasteiger partial charge is 0.478 e. The molecule has 0 fully saturated rings. The van der Waals surface area contributed by atoms with Crippen LogP contribution in [0.15, 0.2) is 12.1 Å². The molecular weight excluding hydrogens is 216 g/mol. The van der Waals surface area contributed by atoms with Crippen molar-refractivity contribution in [2.75, 3.05) is 13.7 Å². The van der Waals surface area contributed by atoms with E-state index in [4.69, 9.17) is 14.7 Å². The molecule has 92 valence electrons. The van der Waals surface area contributed by atoms with Crippen molar-refractivity contribution < 1.29 is 9.47 Å². The maximum atomic E-state index is 8.83. The van der Waals surface area contributed by atoms with Crippen LogP contribution in [0.1, 0.15) is 31.5 Å². The molecule has 1 heterocycles. The normalized spacial score (nSPS) is 11.0. The zero-order valence-corrected chi connectivity index (χ0v) is 10.8. The van der Waals surface area contributed by atoms with E-state index in [1.54, 1.807) is 19.2 Å². The van der Waals surface area contributed by atoms with Crippen LogP contribution < -0.4 is 4.74 Å². The van der Waals surface area contributed by atoms with Gasteiger partial charge in [0.15, 0.2) is 0 Å². The van der Waals surface area contributed by atoms with Crippen LogP contribution >= 0.6 is 0 Å². The van der Waals surface area contributed by atoms with E-state index in [2.05, 4.69) is 11.1 Å². The predicted molar refractivity (Wildman–Crippen MR) is 64.9 cm³/mol. The van der Waals surface area contributed by atoms with Crippen molar-refractivity contribution in [3.8, 4) is 11.9 Å². The third-order valence-electron chi connectivity index (χ3n) is 2.57. The number of aryl methyl sites for hydroxylation is 1. The van der Waals surface area contributed by atoms with Crippen LogP contribution in [0.3, 0.4) is 0 Å². The molecule has 0 N–H and O–H groups in total. The second-order valence-electron chi connectivity index (χ2n) is 4.51. The molecule has 1 aromatic rings. The van der Waals surface area contributed by atoms with Gasteiger partial charge < -0.3 is 9.47 Å². The minimum absolute atomic E-state index is 0.206. The van der Waals surface area contributed by atoms with E-state index in [1.807, 2.05) is 20.8 Å². The number of pyridine rings is 1. The van der Waals surface area contributed by atoms with Crippen molar-refractivity contribution in [2.45, 2.75) is 32.8 Å². The van der Waals surface area contributed by atoms with Gasteiger partial charge in [-0.3, -0.25) is 0 Å². The van der Waals surface area contributed by atoms with E-state index < -0.39 is 0 Å². The van der Waals surface area contributed by atoms with Crippen LogP contribution in [-0.4, -0.2) is 24.3 Å². The van der Waals surface area contributed by atoms with Gasteiger partial charge in [0.1, 0.15) is 0 Å². The minimum Gasteiger partial charge on any atom is -0.478 e. The molecule has 4 heteroatoms. The van der Waals surface area contributed by atoms with Crippen molar-refractivity contribution in [3.63, 3.8) is 0 Å². The smallest absolute Gasteiger partial charge is 0.214 e. The zero-order valence-electron chi connectivity index (χ0n) is 10.8. The predicted octanol–water partition coefficient (Wildman–Crippen LogP) is 2.46. The Balaban J connectivity index is 2.58. The number of ether oxygens (including phenoxy) is 2. The Hall–Kier alpha value is -1.60. The Morgan fingerprint density at radius 1 is 1.41 bits per heavy atom. The van der Waals surface area contributed by atoms with E-state index in [-0.39, 0.29) is 5.60 Å². The van der Waals surface area contributed by atoms with Gasteiger partial charge in [0.2, 0.25) is 5.88 Å². The molecular formula is C13H18N2O2. The summed E-state index contributed by atoms with van der Waals surface area (Å²) >= 11 is 0. The second kappa shape index (κ2) is 5.65. The average molecular weight is 234 g/mol. The number of hydrogen-bond donors (Lipinski definition) is 0. The first-order chi connectivity index (χ1) is 7.96. The van der Waals surface area contributed by atoms with E-state index in [9.17, 15) is 0 Å². The van der Waals surface area contributed by atoms with Crippen molar-refractivity contribution >= 4 is 0 Å². The standard InChI is InChI=1S/C13H18N2O2/c1-10-7-11(9-14)8-12(15-10)17-6-5-13(2,3)16-4/h7-8H,5-6H2,1-4H3. The average Bonchev–Trinajstić information content (AvgIpc) is 2.28. The van der Waals surface area contributed by atoms with Crippen molar-refractivity contribution in [3.05, 3.63) is 23.4 Å². The first-order valence-corrected chi connectivity index (χ1v) is 5.53. The van der Waals surface area contributed by atoms with Crippen LogP contribution in [0.2, 0.25) is 0 Å². The van der Waals surface area contributed by atoms with E-state index >= 15 is 0 Å². The highest BCUT2D eigenvalue weighted by molar-refractivity contribution is 5.34. The van der Waals surface area contributed by atoms with Gasteiger partial charge in [-0.15, -0.1) is 0 Å². The molecule has 1 rings (SSSR count). The van der Waals surface area contributed by atoms with Crippen LogP contribution in [0.4, 0.5) is 0 Å². The SMILES string of the molecule is COC(C)(C)CCOc1cc(C#N)cc(C)n1. The van der Waals surface area contributed by atoms with E-state index in [0.717, 1.165) is 12.1 Å². The lowest BCUT2D eigenvalue weighted by molar-refractivity contribution is 0.00508. The Bertz CT molecular complexity index is 422. The summed E-state index contributed by atoms with van der Waals surface area (Å²) in [5.41, 5.74) is 1.14. The molecule has 0 radical (unpaired) electrons. The summed E-state index contributed by atoms with van der Waals surface area (Å²) in [4.78, 5) is 4.21. The van der Waals surface area contributed by atoms with Gasteiger partial charge >= 0.3 is 0 Å². The zero-order chi connectivity index (χ0) is 12.9. The molecule has 0 atom stereocenters. The summed E-state index contributed by atoms with van der Waals surface area (Å²) in [6.45, 7) is 6.36. The topological polar surface area (TPSA) is 55.1 Å². The van der Waals surface area contributed by atoms with Gasteiger partial charge in [-0.25, -0.2) is 4.98 Å². The molecule has 0 aromatic carbocycles. The Morgan fingerprint density at radius 2 is 2.12 bits per heavy atom. The van der Waals surface area contributed by atoms with Gasteiger partial charge in [-0.1, -0.05) is 0 Å². The lowest BCUT2D eigenvalue weighted by Crippen LogP contribution is -2.25. The lowest BCUT2D eigenvalue weighted by atomic mass is 10.1. The molecule has 17 heavy (non-hydrogen) atoms. The molecule has 0 aliphatic carbocycles. The number of nitriles is 1. The number of methoxy groups -OCH3 is 1. The van der Waals surface area contributed by atoms with Gasteiger partial charge in [0, 0.05) is 25.3 Å². The number of nitrogens with zero attached hydrogens (tertiary/aromatic N) is 2. The Labute approximate surface area is 102 Å². The van der Waals surface area contributed by atoms with Gasteiger partial charge in [-0.05, 0) is 26.8 Å². The fourth-order valence-corrected chi connectivity index (χ4v) is 1.28.